The minimum atomic E-state index is -0.842. The van der Waals surface area contributed by atoms with Gasteiger partial charge in [0.2, 0.25) is 5.91 Å². The molecule has 2 aliphatic rings. The fraction of sp³-hybridized carbons (Fsp3) is 0.423. The van der Waals surface area contributed by atoms with Crippen LogP contribution in [0.15, 0.2) is 48.5 Å². The number of fused-ring (bicyclic) bond motifs is 3. The van der Waals surface area contributed by atoms with Gasteiger partial charge in [-0.15, -0.1) is 0 Å². The Morgan fingerprint density at radius 1 is 1.06 bits per heavy atom. The average Bonchev–Trinajstić information content (AvgIpc) is 3.32. The van der Waals surface area contributed by atoms with Crippen molar-refractivity contribution < 1.29 is 24.2 Å². The molecule has 0 saturated carbocycles. The first-order chi connectivity index (χ1) is 15.8. The Morgan fingerprint density at radius 3 is 2.27 bits per heavy atom. The summed E-state index contributed by atoms with van der Waals surface area (Å²) >= 11 is 0. The van der Waals surface area contributed by atoms with Crippen molar-refractivity contribution in [1.82, 2.24) is 10.2 Å². The number of ether oxygens (including phenoxy) is 1. The van der Waals surface area contributed by atoms with Crippen molar-refractivity contribution >= 4 is 18.0 Å². The van der Waals surface area contributed by atoms with Crippen LogP contribution in [0.3, 0.4) is 0 Å². The number of rotatable bonds is 7. The van der Waals surface area contributed by atoms with Crippen molar-refractivity contribution in [3.63, 3.8) is 0 Å². The Hall–Kier alpha value is -3.35. The van der Waals surface area contributed by atoms with Gasteiger partial charge in [0.1, 0.15) is 6.61 Å². The lowest BCUT2D eigenvalue weighted by Gasteiger charge is -2.21. The molecule has 1 saturated heterocycles. The highest BCUT2D eigenvalue weighted by Gasteiger charge is 2.35. The van der Waals surface area contributed by atoms with Crippen LogP contribution in [-0.4, -0.2) is 54.2 Å². The van der Waals surface area contributed by atoms with Crippen LogP contribution in [0.5, 0.6) is 0 Å². The molecule has 1 aliphatic carbocycles. The van der Waals surface area contributed by atoms with Gasteiger partial charge in [-0.25, -0.2) is 4.79 Å². The molecule has 174 valence electrons. The van der Waals surface area contributed by atoms with Crippen LogP contribution in [0.1, 0.15) is 37.3 Å². The summed E-state index contributed by atoms with van der Waals surface area (Å²) in [6, 6.07) is 16.3. The second-order valence-corrected chi connectivity index (χ2v) is 9.19. The molecule has 3 atom stereocenters. The number of hydrogen-bond acceptors (Lipinski definition) is 4. The molecule has 7 heteroatoms. The molecule has 0 radical (unpaired) electrons. The SMILES string of the molecule is CC(CNC(=O)OCC1c2ccccc2-c2ccccc21)C(=O)N1C[C@@H](CC(=O)O)[C@H](C)C1. The van der Waals surface area contributed by atoms with Gasteiger partial charge < -0.3 is 20.1 Å². The van der Waals surface area contributed by atoms with E-state index in [0.29, 0.717) is 13.1 Å². The van der Waals surface area contributed by atoms with Crippen molar-refractivity contribution in [2.75, 3.05) is 26.2 Å². The first-order valence-corrected chi connectivity index (χ1v) is 11.4. The number of carboxylic acid groups (broad SMARTS) is 1. The van der Waals surface area contributed by atoms with Crippen LogP contribution in [0.25, 0.3) is 11.1 Å². The van der Waals surface area contributed by atoms with Gasteiger partial charge in [0, 0.05) is 25.6 Å². The lowest BCUT2D eigenvalue weighted by molar-refractivity contribution is -0.139. The maximum absolute atomic E-state index is 12.8. The zero-order valence-corrected chi connectivity index (χ0v) is 19.0. The standard InChI is InChI=1S/C26H30N2O5/c1-16(25(31)28-13-17(2)18(14-28)11-24(29)30)12-27-26(32)33-15-23-21-9-5-3-7-19(21)20-8-4-6-10-22(20)23/h3-10,16-18,23H,11-15H2,1-2H3,(H,27,32)(H,29,30)/t16?,17-,18-/m1/s1. The molecule has 7 nitrogen and oxygen atoms in total. The van der Waals surface area contributed by atoms with E-state index in [1.54, 1.807) is 11.8 Å². The normalized spacial score (nSPS) is 20.1. The third kappa shape index (κ3) is 4.87. The van der Waals surface area contributed by atoms with Crippen LogP contribution < -0.4 is 5.32 Å². The number of carboxylic acids is 1. The fourth-order valence-corrected chi connectivity index (χ4v) is 4.99. The van der Waals surface area contributed by atoms with Gasteiger partial charge in [0.25, 0.3) is 0 Å². The van der Waals surface area contributed by atoms with E-state index < -0.39 is 18.0 Å². The van der Waals surface area contributed by atoms with E-state index in [1.807, 2.05) is 31.2 Å². The van der Waals surface area contributed by atoms with Crippen molar-refractivity contribution in [1.29, 1.82) is 0 Å². The van der Waals surface area contributed by atoms with E-state index in [4.69, 9.17) is 9.84 Å². The molecule has 1 aliphatic heterocycles. The van der Waals surface area contributed by atoms with E-state index in [0.717, 1.165) is 11.1 Å². The second kappa shape index (κ2) is 9.65. The molecule has 2 aromatic carbocycles. The van der Waals surface area contributed by atoms with E-state index in [2.05, 4.69) is 29.6 Å². The molecule has 0 bridgehead atoms. The molecule has 33 heavy (non-hydrogen) atoms. The Kier molecular flexibility index (Phi) is 6.67. The summed E-state index contributed by atoms with van der Waals surface area (Å²) in [6.07, 6.45) is -0.479. The quantitative estimate of drug-likeness (QED) is 0.670. The molecule has 4 rings (SSSR count). The van der Waals surface area contributed by atoms with E-state index in [-0.39, 0.29) is 43.2 Å². The van der Waals surface area contributed by atoms with Gasteiger partial charge in [-0.3, -0.25) is 9.59 Å². The number of nitrogens with zero attached hydrogens (tertiary/aromatic N) is 1. The summed E-state index contributed by atoms with van der Waals surface area (Å²) in [5.74, 6) is -1.23. The zero-order chi connectivity index (χ0) is 23.5. The van der Waals surface area contributed by atoms with Crippen LogP contribution >= 0.6 is 0 Å². The molecule has 1 heterocycles. The monoisotopic (exact) mass is 450 g/mol. The Labute approximate surface area is 193 Å². The minimum Gasteiger partial charge on any atom is -0.481 e. The number of carbonyl (C=O) groups is 3. The number of amides is 2. The first-order valence-electron chi connectivity index (χ1n) is 11.4. The largest absolute Gasteiger partial charge is 0.481 e. The average molecular weight is 451 g/mol. The van der Waals surface area contributed by atoms with E-state index >= 15 is 0 Å². The fourth-order valence-electron chi connectivity index (χ4n) is 4.99. The van der Waals surface area contributed by atoms with E-state index in [9.17, 15) is 14.4 Å². The molecule has 1 fully saturated rings. The highest BCUT2D eigenvalue weighted by molar-refractivity contribution is 5.80. The van der Waals surface area contributed by atoms with Gasteiger partial charge in [0.05, 0.1) is 12.3 Å². The molecule has 0 spiro atoms. The summed E-state index contributed by atoms with van der Waals surface area (Å²) in [4.78, 5) is 37.9. The molecule has 0 aromatic heterocycles. The molecular weight excluding hydrogens is 420 g/mol. The minimum absolute atomic E-state index is 0.0144. The van der Waals surface area contributed by atoms with Crippen molar-refractivity contribution in [3.8, 4) is 11.1 Å². The summed E-state index contributed by atoms with van der Waals surface area (Å²) < 4.78 is 5.53. The first kappa shape index (κ1) is 22.8. The van der Waals surface area contributed by atoms with Gasteiger partial charge >= 0.3 is 12.1 Å². The molecular formula is C26H30N2O5. The summed E-state index contributed by atoms with van der Waals surface area (Å²) in [6.45, 7) is 5.13. The zero-order valence-electron chi connectivity index (χ0n) is 19.0. The number of aliphatic carboxylic acids is 1. The highest BCUT2D eigenvalue weighted by atomic mass is 16.5. The summed E-state index contributed by atoms with van der Waals surface area (Å²) in [7, 11) is 0. The number of nitrogens with one attached hydrogen (secondary N) is 1. The number of likely N-dealkylation sites (tertiary alicyclic amines) is 1. The van der Waals surface area contributed by atoms with Gasteiger partial charge in [0.15, 0.2) is 0 Å². The third-order valence-corrected chi connectivity index (χ3v) is 6.83. The molecule has 2 amide bonds. The van der Waals surface area contributed by atoms with Crippen LogP contribution in [0.4, 0.5) is 4.79 Å². The number of carbonyl (C=O) groups excluding carboxylic acids is 2. The van der Waals surface area contributed by atoms with Gasteiger partial charge in [-0.2, -0.15) is 0 Å². The molecule has 2 aromatic rings. The maximum Gasteiger partial charge on any atom is 0.407 e. The Balaban J connectivity index is 1.28. The summed E-state index contributed by atoms with van der Waals surface area (Å²) in [5, 5.41) is 11.8. The number of benzene rings is 2. The van der Waals surface area contributed by atoms with E-state index in [1.165, 1.54) is 11.1 Å². The number of alkyl carbamates (subject to hydrolysis) is 1. The predicted octanol–water partition coefficient (Wildman–Crippen LogP) is 3.73. The van der Waals surface area contributed by atoms with Gasteiger partial charge in [-0.05, 0) is 34.1 Å². The second-order valence-electron chi connectivity index (χ2n) is 9.19. The topological polar surface area (TPSA) is 95.9 Å². The third-order valence-electron chi connectivity index (χ3n) is 6.83. The van der Waals surface area contributed by atoms with Crippen LogP contribution in [0, 0.1) is 17.8 Å². The van der Waals surface area contributed by atoms with Crippen molar-refractivity contribution in [2.24, 2.45) is 17.8 Å². The summed E-state index contributed by atoms with van der Waals surface area (Å²) in [5.41, 5.74) is 4.63. The lowest BCUT2D eigenvalue weighted by atomic mass is 9.95. The predicted molar refractivity (Wildman–Crippen MR) is 124 cm³/mol. The highest BCUT2D eigenvalue weighted by Crippen LogP contribution is 2.44. The number of hydrogen-bond donors (Lipinski definition) is 2. The Bertz CT molecular complexity index is 1010. The van der Waals surface area contributed by atoms with Crippen LogP contribution in [0.2, 0.25) is 0 Å². The molecule has 1 unspecified atom stereocenters. The lowest BCUT2D eigenvalue weighted by Crippen LogP contribution is -2.40. The molecule has 2 N–H and O–H groups in total. The van der Waals surface area contributed by atoms with Gasteiger partial charge in [-0.1, -0.05) is 62.4 Å². The van der Waals surface area contributed by atoms with Crippen molar-refractivity contribution in [3.05, 3.63) is 59.7 Å². The van der Waals surface area contributed by atoms with Crippen molar-refractivity contribution in [2.45, 2.75) is 26.2 Å². The smallest absolute Gasteiger partial charge is 0.407 e. The van der Waals surface area contributed by atoms with Crippen LogP contribution in [-0.2, 0) is 14.3 Å². The Morgan fingerprint density at radius 2 is 1.67 bits per heavy atom. The maximum atomic E-state index is 12.8.